The summed E-state index contributed by atoms with van der Waals surface area (Å²) in [6.07, 6.45) is 0. The first-order valence-electron chi connectivity index (χ1n) is 5.86. The fourth-order valence-electron chi connectivity index (χ4n) is 1.82. The van der Waals surface area contributed by atoms with Crippen molar-refractivity contribution >= 4 is 22.6 Å². The van der Waals surface area contributed by atoms with Crippen molar-refractivity contribution in [2.24, 2.45) is 0 Å². The van der Waals surface area contributed by atoms with E-state index >= 15 is 0 Å². The standard InChI is InChI=1S/C14H15IN2O/c1-8(2)12-11(15)14(18)17-13(16-12)10-7-5-4-6-9(10)3/h4-8H,1-3H3,(H,16,17,18). The molecular formula is C14H15IN2O. The molecule has 1 aromatic heterocycles. The minimum absolute atomic E-state index is 0.0625. The molecule has 0 amide bonds. The fraction of sp³-hybridized carbons (Fsp3) is 0.286. The quantitative estimate of drug-likeness (QED) is 0.840. The molecule has 0 aliphatic rings. The van der Waals surface area contributed by atoms with Crippen LogP contribution in [-0.2, 0) is 0 Å². The predicted octanol–water partition coefficient (Wildman–Crippen LogP) is 3.47. The minimum Gasteiger partial charge on any atom is -0.306 e. The van der Waals surface area contributed by atoms with Crippen LogP contribution in [0.1, 0.15) is 31.0 Å². The number of aromatic nitrogens is 2. The van der Waals surface area contributed by atoms with Crippen LogP contribution in [0.4, 0.5) is 0 Å². The number of benzene rings is 1. The van der Waals surface area contributed by atoms with Crippen LogP contribution in [0.15, 0.2) is 29.1 Å². The highest BCUT2D eigenvalue weighted by Crippen LogP contribution is 2.22. The van der Waals surface area contributed by atoms with Gasteiger partial charge in [-0.05, 0) is 41.0 Å². The molecule has 0 unspecified atom stereocenters. The molecule has 0 bridgehead atoms. The number of H-pyrrole nitrogens is 1. The maximum absolute atomic E-state index is 11.9. The first-order chi connectivity index (χ1) is 8.50. The zero-order valence-electron chi connectivity index (χ0n) is 10.6. The number of hydrogen-bond acceptors (Lipinski definition) is 2. The van der Waals surface area contributed by atoms with Gasteiger partial charge in [0.25, 0.3) is 5.56 Å². The summed E-state index contributed by atoms with van der Waals surface area (Å²) in [5.41, 5.74) is 2.88. The van der Waals surface area contributed by atoms with Gasteiger partial charge in [-0.15, -0.1) is 0 Å². The van der Waals surface area contributed by atoms with Crippen LogP contribution in [0.2, 0.25) is 0 Å². The maximum Gasteiger partial charge on any atom is 0.264 e. The van der Waals surface area contributed by atoms with E-state index in [4.69, 9.17) is 0 Å². The van der Waals surface area contributed by atoms with Gasteiger partial charge in [-0.3, -0.25) is 4.79 Å². The van der Waals surface area contributed by atoms with Gasteiger partial charge in [0.15, 0.2) is 0 Å². The van der Waals surface area contributed by atoms with E-state index in [1.807, 2.05) is 45.0 Å². The van der Waals surface area contributed by atoms with Crippen LogP contribution < -0.4 is 5.56 Å². The van der Waals surface area contributed by atoms with Crippen LogP contribution in [-0.4, -0.2) is 9.97 Å². The number of nitrogens with zero attached hydrogens (tertiary/aromatic N) is 1. The van der Waals surface area contributed by atoms with Crippen molar-refractivity contribution in [3.05, 3.63) is 49.4 Å². The summed E-state index contributed by atoms with van der Waals surface area (Å²) in [5.74, 6) is 0.893. The van der Waals surface area contributed by atoms with Gasteiger partial charge in [-0.25, -0.2) is 4.98 Å². The fourth-order valence-corrected chi connectivity index (χ4v) is 2.70. The first kappa shape index (κ1) is 13.3. The predicted molar refractivity (Wildman–Crippen MR) is 81.8 cm³/mol. The van der Waals surface area contributed by atoms with Gasteiger partial charge in [-0.2, -0.15) is 0 Å². The zero-order chi connectivity index (χ0) is 13.3. The summed E-state index contributed by atoms with van der Waals surface area (Å²) in [4.78, 5) is 19.4. The molecule has 1 N–H and O–H groups in total. The summed E-state index contributed by atoms with van der Waals surface area (Å²) in [6, 6.07) is 7.93. The van der Waals surface area contributed by atoms with Crippen molar-refractivity contribution < 1.29 is 0 Å². The van der Waals surface area contributed by atoms with Crippen molar-refractivity contribution in [2.75, 3.05) is 0 Å². The Morgan fingerprint density at radius 2 is 1.94 bits per heavy atom. The van der Waals surface area contributed by atoms with Gasteiger partial charge in [-0.1, -0.05) is 38.1 Å². The summed E-state index contributed by atoms with van der Waals surface area (Å²) in [7, 11) is 0. The van der Waals surface area contributed by atoms with Crippen molar-refractivity contribution in [2.45, 2.75) is 26.7 Å². The summed E-state index contributed by atoms with van der Waals surface area (Å²) in [6.45, 7) is 6.11. The van der Waals surface area contributed by atoms with E-state index in [0.29, 0.717) is 9.39 Å². The number of halogens is 1. The Labute approximate surface area is 120 Å². The van der Waals surface area contributed by atoms with Gasteiger partial charge in [0.05, 0.1) is 9.26 Å². The zero-order valence-corrected chi connectivity index (χ0v) is 12.8. The number of aryl methyl sites for hydroxylation is 1. The van der Waals surface area contributed by atoms with Crippen molar-refractivity contribution in [3.63, 3.8) is 0 Å². The topological polar surface area (TPSA) is 45.8 Å². The molecule has 0 aliphatic carbocycles. The van der Waals surface area contributed by atoms with E-state index < -0.39 is 0 Å². The maximum atomic E-state index is 11.9. The lowest BCUT2D eigenvalue weighted by molar-refractivity contribution is 0.802. The molecule has 0 spiro atoms. The highest BCUT2D eigenvalue weighted by molar-refractivity contribution is 14.1. The molecule has 0 saturated carbocycles. The van der Waals surface area contributed by atoms with Crippen molar-refractivity contribution in [1.29, 1.82) is 0 Å². The van der Waals surface area contributed by atoms with E-state index in [1.165, 1.54) is 0 Å². The Bertz CT molecular complexity index is 632. The van der Waals surface area contributed by atoms with Crippen LogP contribution in [0.3, 0.4) is 0 Å². The second-order valence-corrected chi connectivity index (χ2v) is 5.66. The normalized spacial score (nSPS) is 10.9. The van der Waals surface area contributed by atoms with E-state index in [2.05, 4.69) is 32.6 Å². The van der Waals surface area contributed by atoms with Gasteiger partial charge >= 0.3 is 0 Å². The summed E-state index contributed by atoms with van der Waals surface area (Å²) >= 11 is 2.06. The molecular weight excluding hydrogens is 339 g/mol. The molecule has 0 atom stereocenters. The lowest BCUT2D eigenvalue weighted by atomic mass is 10.1. The second kappa shape index (κ2) is 5.22. The molecule has 18 heavy (non-hydrogen) atoms. The third-order valence-corrected chi connectivity index (χ3v) is 3.88. The number of rotatable bonds is 2. The van der Waals surface area contributed by atoms with Crippen LogP contribution in [0.25, 0.3) is 11.4 Å². The molecule has 1 aromatic carbocycles. The molecule has 3 nitrogen and oxygen atoms in total. The molecule has 0 fully saturated rings. The number of nitrogens with one attached hydrogen (secondary N) is 1. The lowest BCUT2D eigenvalue weighted by Crippen LogP contribution is -2.17. The number of aromatic amines is 1. The van der Waals surface area contributed by atoms with Gasteiger partial charge in [0, 0.05) is 5.56 Å². The average molecular weight is 354 g/mol. The largest absolute Gasteiger partial charge is 0.306 e. The molecule has 0 saturated heterocycles. The third kappa shape index (κ3) is 2.48. The smallest absolute Gasteiger partial charge is 0.264 e. The van der Waals surface area contributed by atoms with Crippen molar-refractivity contribution in [1.82, 2.24) is 9.97 Å². The Morgan fingerprint density at radius 3 is 2.56 bits per heavy atom. The van der Waals surface area contributed by atoms with E-state index in [1.54, 1.807) is 0 Å². The Balaban J connectivity index is 2.67. The molecule has 1 heterocycles. The van der Waals surface area contributed by atoms with E-state index in [0.717, 1.165) is 16.8 Å². The number of hydrogen-bond donors (Lipinski definition) is 1. The average Bonchev–Trinajstić information content (AvgIpc) is 2.33. The monoisotopic (exact) mass is 354 g/mol. The summed E-state index contributed by atoms with van der Waals surface area (Å²) in [5, 5.41) is 0. The minimum atomic E-state index is -0.0625. The van der Waals surface area contributed by atoms with Crippen LogP contribution in [0, 0.1) is 10.5 Å². The molecule has 0 radical (unpaired) electrons. The molecule has 4 heteroatoms. The SMILES string of the molecule is Cc1ccccc1-c1nc(C(C)C)c(I)c(=O)[nH]1. The molecule has 94 valence electrons. The molecule has 2 aromatic rings. The highest BCUT2D eigenvalue weighted by Gasteiger charge is 2.13. The van der Waals surface area contributed by atoms with E-state index in [9.17, 15) is 4.79 Å². The van der Waals surface area contributed by atoms with Crippen molar-refractivity contribution in [3.8, 4) is 11.4 Å². The Hall–Kier alpha value is -1.17. The highest BCUT2D eigenvalue weighted by atomic mass is 127. The van der Waals surface area contributed by atoms with Crippen LogP contribution >= 0.6 is 22.6 Å². The van der Waals surface area contributed by atoms with E-state index in [-0.39, 0.29) is 11.5 Å². The lowest BCUT2D eigenvalue weighted by Gasteiger charge is -2.10. The molecule has 0 aliphatic heterocycles. The second-order valence-electron chi connectivity index (χ2n) is 4.58. The first-order valence-corrected chi connectivity index (χ1v) is 6.94. The Morgan fingerprint density at radius 1 is 1.28 bits per heavy atom. The van der Waals surface area contributed by atoms with Gasteiger partial charge in [0.1, 0.15) is 5.82 Å². The molecule has 2 rings (SSSR count). The Kier molecular flexibility index (Phi) is 3.85. The third-order valence-electron chi connectivity index (χ3n) is 2.84. The van der Waals surface area contributed by atoms with Gasteiger partial charge < -0.3 is 4.98 Å². The summed E-state index contributed by atoms with van der Waals surface area (Å²) < 4.78 is 0.680. The van der Waals surface area contributed by atoms with Gasteiger partial charge in [0.2, 0.25) is 0 Å². The van der Waals surface area contributed by atoms with Crippen LogP contribution in [0.5, 0.6) is 0 Å².